The third kappa shape index (κ3) is 5.76. The van der Waals surface area contributed by atoms with E-state index in [1.54, 1.807) is 24.3 Å². The first kappa shape index (κ1) is 19.3. The zero-order valence-corrected chi connectivity index (χ0v) is 15.8. The van der Waals surface area contributed by atoms with Gasteiger partial charge in [-0.05, 0) is 36.2 Å². The molecule has 134 valence electrons. The number of aryl methyl sites for hydroxylation is 1. The molecule has 0 unspecified atom stereocenters. The summed E-state index contributed by atoms with van der Waals surface area (Å²) in [4.78, 5) is 12.1. The van der Waals surface area contributed by atoms with Gasteiger partial charge in [0.15, 0.2) is 0 Å². The van der Waals surface area contributed by atoms with Crippen molar-refractivity contribution in [2.24, 2.45) is 0 Å². The fourth-order valence-electron chi connectivity index (χ4n) is 2.40. The third-order valence-electron chi connectivity index (χ3n) is 3.67. The first-order chi connectivity index (χ1) is 11.8. The van der Waals surface area contributed by atoms with Crippen molar-refractivity contribution in [2.45, 2.75) is 19.9 Å². The number of carbonyl (C=O) groups is 1. The SMILES string of the molecule is Cc1cccc(N(CCC(=O)NCc2ccccc2Cl)S(C)(=O)=O)c1. The minimum absolute atomic E-state index is 0.0610. The number of nitrogens with zero attached hydrogens (tertiary/aromatic N) is 1. The first-order valence-electron chi connectivity index (χ1n) is 7.82. The molecule has 0 bridgehead atoms. The van der Waals surface area contributed by atoms with Gasteiger partial charge in [0.2, 0.25) is 15.9 Å². The number of amides is 1. The summed E-state index contributed by atoms with van der Waals surface area (Å²) < 4.78 is 25.4. The lowest BCUT2D eigenvalue weighted by atomic mass is 10.2. The Morgan fingerprint density at radius 1 is 1.16 bits per heavy atom. The number of rotatable bonds is 7. The average molecular weight is 381 g/mol. The molecular weight excluding hydrogens is 360 g/mol. The van der Waals surface area contributed by atoms with Crippen LogP contribution in [0.25, 0.3) is 0 Å². The lowest BCUT2D eigenvalue weighted by Gasteiger charge is -2.22. The minimum atomic E-state index is -3.47. The van der Waals surface area contributed by atoms with Crippen LogP contribution in [0.3, 0.4) is 0 Å². The quantitative estimate of drug-likeness (QED) is 0.802. The first-order valence-corrected chi connectivity index (χ1v) is 10.0. The summed E-state index contributed by atoms with van der Waals surface area (Å²) in [7, 11) is -3.47. The van der Waals surface area contributed by atoms with Crippen molar-refractivity contribution in [3.63, 3.8) is 0 Å². The number of hydrogen-bond donors (Lipinski definition) is 1. The van der Waals surface area contributed by atoms with Crippen molar-refractivity contribution < 1.29 is 13.2 Å². The van der Waals surface area contributed by atoms with E-state index in [0.717, 1.165) is 17.4 Å². The maximum atomic E-state index is 12.1. The van der Waals surface area contributed by atoms with Gasteiger partial charge in [-0.2, -0.15) is 0 Å². The Labute approximate surface area is 153 Å². The van der Waals surface area contributed by atoms with Crippen LogP contribution in [0.4, 0.5) is 5.69 Å². The van der Waals surface area contributed by atoms with Crippen molar-refractivity contribution in [3.8, 4) is 0 Å². The maximum absolute atomic E-state index is 12.1. The van der Waals surface area contributed by atoms with E-state index in [1.165, 1.54) is 4.31 Å². The van der Waals surface area contributed by atoms with Crippen LogP contribution in [-0.4, -0.2) is 27.1 Å². The molecule has 7 heteroatoms. The molecule has 2 aromatic rings. The van der Waals surface area contributed by atoms with Crippen LogP contribution in [-0.2, 0) is 21.4 Å². The standard InChI is InChI=1S/C18H21ClN2O3S/c1-14-6-5-8-16(12-14)21(25(2,23)24)11-10-18(22)20-13-15-7-3-4-9-17(15)19/h3-9,12H,10-11,13H2,1-2H3,(H,20,22). The van der Waals surface area contributed by atoms with Gasteiger partial charge in [0.1, 0.15) is 0 Å². The van der Waals surface area contributed by atoms with Crippen molar-refractivity contribution in [1.82, 2.24) is 5.32 Å². The van der Waals surface area contributed by atoms with E-state index in [-0.39, 0.29) is 18.9 Å². The zero-order chi connectivity index (χ0) is 18.4. The number of nitrogens with one attached hydrogen (secondary N) is 1. The van der Waals surface area contributed by atoms with Gasteiger partial charge in [0.05, 0.1) is 11.9 Å². The second-order valence-corrected chi connectivity index (χ2v) is 8.11. The van der Waals surface area contributed by atoms with Crippen LogP contribution in [0, 0.1) is 6.92 Å². The number of anilines is 1. The van der Waals surface area contributed by atoms with E-state index in [1.807, 2.05) is 31.2 Å². The number of carbonyl (C=O) groups excluding carboxylic acids is 1. The fraction of sp³-hybridized carbons (Fsp3) is 0.278. The fourth-order valence-corrected chi connectivity index (χ4v) is 3.52. The Morgan fingerprint density at radius 3 is 2.52 bits per heavy atom. The molecule has 0 saturated heterocycles. The highest BCUT2D eigenvalue weighted by Crippen LogP contribution is 2.19. The van der Waals surface area contributed by atoms with Crippen molar-refractivity contribution in [2.75, 3.05) is 17.1 Å². The van der Waals surface area contributed by atoms with Gasteiger partial charge in [0.25, 0.3) is 0 Å². The summed E-state index contributed by atoms with van der Waals surface area (Å²) in [5.74, 6) is -0.235. The van der Waals surface area contributed by atoms with Gasteiger partial charge in [-0.3, -0.25) is 9.10 Å². The highest BCUT2D eigenvalue weighted by Gasteiger charge is 2.18. The normalized spacial score (nSPS) is 11.2. The van der Waals surface area contributed by atoms with Crippen molar-refractivity contribution in [3.05, 3.63) is 64.7 Å². The third-order valence-corrected chi connectivity index (χ3v) is 5.23. The van der Waals surface area contributed by atoms with Crippen LogP contribution in [0.5, 0.6) is 0 Å². The topological polar surface area (TPSA) is 66.5 Å². The Bertz CT molecular complexity index is 853. The molecule has 0 aliphatic rings. The van der Waals surface area contributed by atoms with Crippen molar-refractivity contribution >= 4 is 33.2 Å². The molecule has 0 saturated carbocycles. The molecule has 25 heavy (non-hydrogen) atoms. The average Bonchev–Trinajstić information content (AvgIpc) is 2.53. The molecule has 1 amide bonds. The second kappa shape index (κ2) is 8.36. The lowest BCUT2D eigenvalue weighted by Crippen LogP contribution is -2.34. The van der Waals surface area contributed by atoms with Gasteiger partial charge < -0.3 is 5.32 Å². The molecule has 0 heterocycles. The Balaban J connectivity index is 1.99. The summed E-state index contributed by atoms with van der Waals surface area (Å²) >= 11 is 6.05. The van der Waals surface area contributed by atoms with Crippen LogP contribution >= 0.6 is 11.6 Å². The smallest absolute Gasteiger partial charge is 0.232 e. The second-order valence-electron chi connectivity index (χ2n) is 5.79. The summed E-state index contributed by atoms with van der Waals surface area (Å²) in [6.07, 6.45) is 1.20. The van der Waals surface area contributed by atoms with E-state index in [9.17, 15) is 13.2 Å². The van der Waals surface area contributed by atoms with Gasteiger partial charge in [0, 0.05) is 24.5 Å². The molecule has 1 N–H and O–H groups in total. The molecule has 2 aromatic carbocycles. The van der Waals surface area contributed by atoms with E-state index < -0.39 is 10.0 Å². The largest absolute Gasteiger partial charge is 0.352 e. The molecule has 0 aromatic heterocycles. The van der Waals surface area contributed by atoms with E-state index >= 15 is 0 Å². The number of halogens is 1. The Kier molecular flexibility index (Phi) is 6.45. The van der Waals surface area contributed by atoms with Gasteiger partial charge in [-0.15, -0.1) is 0 Å². The van der Waals surface area contributed by atoms with Crippen molar-refractivity contribution in [1.29, 1.82) is 0 Å². The zero-order valence-electron chi connectivity index (χ0n) is 14.2. The predicted molar refractivity (Wildman–Crippen MR) is 101 cm³/mol. The summed E-state index contributed by atoms with van der Waals surface area (Å²) in [6, 6.07) is 14.4. The predicted octanol–water partition coefficient (Wildman–Crippen LogP) is 3.12. The highest BCUT2D eigenvalue weighted by atomic mass is 35.5. The summed E-state index contributed by atoms with van der Waals surface area (Å²) in [6.45, 7) is 2.28. The maximum Gasteiger partial charge on any atom is 0.232 e. The summed E-state index contributed by atoms with van der Waals surface area (Å²) in [5.41, 5.74) is 2.33. The highest BCUT2D eigenvalue weighted by molar-refractivity contribution is 7.92. The van der Waals surface area contributed by atoms with Crippen LogP contribution in [0.2, 0.25) is 5.02 Å². The molecule has 0 aliphatic carbocycles. The van der Waals surface area contributed by atoms with E-state index in [2.05, 4.69) is 5.32 Å². The number of hydrogen-bond acceptors (Lipinski definition) is 3. The monoisotopic (exact) mass is 380 g/mol. The number of benzene rings is 2. The van der Waals surface area contributed by atoms with Crippen LogP contribution < -0.4 is 9.62 Å². The lowest BCUT2D eigenvalue weighted by molar-refractivity contribution is -0.121. The number of sulfonamides is 1. The molecule has 0 aliphatic heterocycles. The molecule has 0 atom stereocenters. The molecular formula is C18H21ClN2O3S. The van der Waals surface area contributed by atoms with Gasteiger partial charge in [-0.25, -0.2) is 8.42 Å². The minimum Gasteiger partial charge on any atom is -0.352 e. The summed E-state index contributed by atoms with van der Waals surface area (Å²) in [5, 5.41) is 3.35. The van der Waals surface area contributed by atoms with E-state index in [4.69, 9.17) is 11.6 Å². The molecule has 0 radical (unpaired) electrons. The van der Waals surface area contributed by atoms with Gasteiger partial charge in [-0.1, -0.05) is 41.9 Å². The Morgan fingerprint density at radius 2 is 1.88 bits per heavy atom. The van der Waals surface area contributed by atoms with Crippen LogP contribution in [0.1, 0.15) is 17.5 Å². The molecule has 2 rings (SSSR count). The Hall–Kier alpha value is -2.05. The molecule has 5 nitrogen and oxygen atoms in total. The molecule has 0 fully saturated rings. The van der Waals surface area contributed by atoms with Crippen LogP contribution in [0.15, 0.2) is 48.5 Å². The molecule has 0 spiro atoms. The van der Waals surface area contributed by atoms with E-state index in [0.29, 0.717) is 17.3 Å². The van der Waals surface area contributed by atoms with Gasteiger partial charge >= 0.3 is 0 Å².